The summed E-state index contributed by atoms with van der Waals surface area (Å²) in [5.41, 5.74) is 4.90. The van der Waals surface area contributed by atoms with E-state index < -0.39 is 0 Å². The average molecular weight is 657 g/mol. The van der Waals surface area contributed by atoms with Gasteiger partial charge in [0.05, 0.1) is 0 Å². The molecule has 0 aliphatic rings. The number of hydrogen-bond acceptors (Lipinski definition) is 4. The van der Waals surface area contributed by atoms with Crippen LogP contribution in [0.15, 0.2) is 97.1 Å². The molecular formula is C44H64O4. The van der Waals surface area contributed by atoms with E-state index in [1.165, 1.54) is 88.2 Å². The predicted octanol–water partition coefficient (Wildman–Crippen LogP) is 12.5. The standard InChI is InChI=1S/C16H26O.2C11H16O.C6H6O/c1-3-5-7-9-14-11-12-16(17)15(13-14)10-8-6-4-2;1-2-3-4-7-10-8-5-6-9-11(10)12;1-2-3-4-5-10-6-8-11(12)9-7-10;7-6-4-2-1-3-5-6/h11-13,17H,3-10H2,1-2H3;5-6,8-9,12H,2-4,7H2,1H3;6-9,12H,2-5H2,1H3;1-5,7H. The van der Waals surface area contributed by atoms with Crippen molar-refractivity contribution in [3.8, 4) is 23.0 Å². The van der Waals surface area contributed by atoms with Gasteiger partial charge in [-0.05, 0) is 110 Å². The Balaban J connectivity index is 0.000000333. The average Bonchev–Trinajstić information content (AvgIpc) is 3.09. The molecule has 0 aliphatic carbocycles. The van der Waals surface area contributed by atoms with Crippen LogP contribution in [0.4, 0.5) is 0 Å². The van der Waals surface area contributed by atoms with Crippen LogP contribution in [0.25, 0.3) is 0 Å². The monoisotopic (exact) mass is 656 g/mol. The molecule has 48 heavy (non-hydrogen) atoms. The Bertz CT molecular complexity index is 1300. The lowest BCUT2D eigenvalue weighted by Crippen LogP contribution is -1.91. The van der Waals surface area contributed by atoms with E-state index >= 15 is 0 Å². The van der Waals surface area contributed by atoms with E-state index in [4.69, 9.17) is 10.2 Å². The maximum absolute atomic E-state index is 9.81. The zero-order valence-electron chi connectivity index (χ0n) is 30.3. The highest BCUT2D eigenvalue weighted by Crippen LogP contribution is 2.22. The first-order chi connectivity index (χ1) is 23.3. The summed E-state index contributed by atoms with van der Waals surface area (Å²) < 4.78 is 0. The number of phenolic OH excluding ortho intramolecular Hbond substituents is 4. The first kappa shape index (κ1) is 42.1. The number of hydrogen-bond donors (Lipinski definition) is 4. The number of unbranched alkanes of at least 4 members (excludes halogenated alkanes) is 8. The van der Waals surface area contributed by atoms with Gasteiger partial charge in [0.25, 0.3) is 0 Å². The van der Waals surface area contributed by atoms with E-state index in [1.807, 2.05) is 42.5 Å². The Morgan fingerprint density at radius 2 is 0.771 bits per heavy atom. The normalized spacial score (nSPS) is 10.1. The summed E-state index contributed by atoms with van der Waals surface area (Å²) in [5.74, 6) is 1.59. The molecule has 4 aromatic rings. The summed E-state index contributed by atoms with van der Waals surface area (Å²) in [5, 5.41) is 36.9. The summed E-state index contributed by atoms with van der Waals surface area (Å²) in [7, 11) is 0. The maximum Gasteiger partial charge on any atom is 0.118 e. The van der Waals surface area contributed by atoms with Crippen LogP contribution in [0.5, 0.6) is 23.0 Å². The highest BCUT2D eigenvalue weighted by molar-refractivity contribution is 5.36. The smallest absolute Gasteiger partial charge is 0.118 e. The minimum atomic E-state index is 0.322. The quantitative estimate of drug-likeness (QED) is 0.0905. The molecule has 4 rings (SSSR count). The topological polar surface area (TPSA) is 80.9 Å². The van der Waals surface area contributed by atoms with Gasteiger partial charge >= 0.3 is 0 Å². The fourth-order valence-electron chi connectivity index (χ4n) is 5.10. The molecule has 0 amide bonds. The molecule has 0 aromatic heterocycles. The minimum Gasteiger partial charge on any atom is -0.508 e. The number of benzene rings is 4. The molecule has 0 heterocycles. The fraction of sp³-hybridized carbons (Fsp3) is 0.455. The van der Waals surface area contributed by atoms with Gasteiger partial charge in [0, 0.05) is 0 Å². The van der Waals surface area contributed by atoms with Gasteiger partial charge in [-0.3, -0.25) is 0 Å². The van der Waals surface area contributed by atoms with Crippen molar-refractivity contribution >= 4 is 0 Å². The van der Waals surface area contributed by atoms with E-state index in [1.54, 1.807) is 42.5 Å². The van der Waals surface area contributed by atoms with E-state index in [9.17, 15) is 10.2 Å². The second kappa shape index (κ2) is 28.1. The number of aromatic hydroxyl groups is 4. The summed E-state index contributed by atoms with van der Waals surface area (Å²) in [6.07, 6.45) is 19.2. The molecule has 4 N–H and O–H groups in total. The van der Waals surface area contributed by atoms with Crippen LogP contribution in [-0.4, -0.2) is 20.4 Å². The molecule has 0 saturated carbocycles. The fourth-order valence-corrected chi connectivity index (χ4v) is 5.10. The minimum absolute atomic E-state index is 0.322. The Labute approximate surface area is 292 Å². The number of aryl methyl sites for hydroxylation is 4. The van der Waals surface area contributed by atoms with Gasteiger partial charge in [-0.1, -0.05) is 140 Å². The van der Waals surface area contributed by atoms with Crippen molar-refractivity contribution in [2.75, 3.05) is 0 Å². The van der Waals surface area contributed by atoms with Gasteiger partial charge < -0.3 is 20.4 Å². The Morgan fingerprint density at radius 3 is 1.27 bits per heavy atom. The van der Waals surface area contributed by atoms with Crippen LogP contribution in [0.2, 0.25) is 0 Å². The van der Waals surface area contributed by atoms with Crippen LogP contribution in [0, 0.1) is 0 Å². The molecular weight excluding hydrogens is 592 g/mol. The third kappa shape index (κ3) is 21.1. The first-order valence-corrected chi connectivity index (χ1v) is 18.4. The van der Waals surface area contributed by atoms with Crippen molar-refractivity contribution in [1.29, 1.82) is 0 Å². The molecule has 0 spiro atoms. The molecule has 0 unspecified atom stereocenters. The Hall–Kier alpha value is -3.92. The van der Waals surface area contributed by atoms with Crippen molar-refractivity contribution in [2.24, 2.45) is 0 Å². The van der Waals surface area contributed by atoms with Crippen molar-refractivity contribution in [2.45, 2.75) is 130 Å². The van der Waals surface area contributed by atoms with Gasteiger partial charge in [-0.15, -0.1) is 0 Å². The van der Waals surface area contributed by atoms with Gasteiger partial charge in [-0.2, -0.15) is 0 Å². The molecule has 4 aromatic carbocycles. The lowest BCUT2D eigenvalue weighted by atomic mass is 10.0. The second-order valence-electron chi connectivity index (χ2n) is 12.4. The first-order valence-electron chi connectivity index (χ1n) is 18.4. The van der Waals surface area contributed by atoms with Gasteiger partial charge in [0.2, 0.25) is 0 Å². The maximum atomic E-state index is 9.81. The van der Waals surface area contributed by atoms with E-state index in [2.05, 4.69) is 39.8 Å². The predicted molar refractivity (Wildman–Crippen MR) is 205 cm³/mol. The lowest BCUT2D eigenvalue weighted by Gasteiger charge is -2.07. The molecule has 264 valence electrons. The highest BCUT2D eigenvalue weighted by Gasteiger charge is 2.03. The summed E-state index contributed by atoms with van der Waals surface area (Å²) in [4.78, 5) is 0. The van der Waals surface area contributed by atoms with E-state index in [0.717, 1.165) is 36.8 Å². The molecule has 0 aliphatic heterocycles. The summed E-state index contributed by atoms with van der Waals surface area (Å²) >= 11 is 0. The van der Waals surface area contributed by atoms with Gasteiger partial charge in [0.15, 0.2) is 0 Å². The Kier molecular flexibility index (Phi) is 24.7. The molecule has 0 bridgehead atoms. The van der Waals surface area contributed by atoms with Gasteiger partial charge in [0.1, 0.15) is 23.0 Å². The number of phenols is 4. The second-order valence-corrected chi connectivity index (χ2v) is 12.4. The molecule has 4 nitrogen and oxygen atoms in total. The van der Waals surface area contributed by atoms with Crippen LogP contribution in [0.3, 0.4) is 0 Å². The van der Waals surface area contributed by atoms with Crippen LogP contribution in [-0.2, 0) is 25.7 Å². The lowest BCUT2D eigenvalue weighted by molar-refractivity contribution is 0.466. The molecule has 0 atom stereocenters. The number of para-hydroxylation sites is 2. The molecule has 0 fully saturated rings. The van der Waals surface area contributed by atoms with Crippen LogP contribution in [0.1, 0.15) is 127 Å². The molecule has 0 saturated heterocycles. The van der Waals surface area contributed by atoms with Crippen molar-refractivity contribution in [1.82, 2.24) is 0 Å². The SMILES string of the molecule is CCCCCc1ccc(O)c(CCCCC)c1.CCCCCc1ccc(O)cc1.CCCCCc1ccccc1O.Oc1ccccc1. The molecule has 4 heteroatoms. The van der Waals surface area contributed by atoms with Gasteiger partial charge in [-0.25, -0.2) is 0 Å². The third-order valence-electron chi connectivity index (χ3n) is 8.07. The third-order valence-corrected chi connectivity index (χ3v) is 8.07. The van der Waals surface area contributed by atoms with Crippen molar-refractivity contribution in [3.05, 3.63) is 119 Å². The largest absolute Gasteiger partial charge is 0.508 e. The van der Waals surface area contributed by atoms with Crippen LogP contribution < -0.4 is 0 Å². The highest BCUT2D eigenvalue weighted by atomic mass is 16.3. The summed E-state index contributed by atoms with van der Waals surface area (Å²) in [6, 6.07) is 29.9. The van der Waals surface area contributed by atoms with Crippen LogP contribution >= 0.6 is 0 Å². The Morgan fingerprint density at radius 1 is 0.354 bits per heavy atom. The number of rotatable bonds is 16. The zero-order chi connectivity index (χ0) is 35.2. The van der Waals surface area contributed by atoms with Crippen molar-refractivity contribution in [3.63, 3.8) is 0 Å². The van der Waals surface area contributed by atoms with Crippen molar-refractivity contribution < 1.29 is 20.4 Å². The van der Waals surface area contributed by atoms with E-state index in [0.29, 0.717) is 23.0 Å². The zero-order valence-corrected chi connectivity index (χ0v) is 30.3. The summed E-state index contributed by atoms with van der Waals surface area (Å²) in [6.45, 7) is 8.83. The van der Waals surface area contributed by atoms with E-state index in [-0.39, 0.29) is 0 Å². The molecule has 0 radical (unpaired) electrons.